The van der Waals surface area contributed by atoms with Crippen molar-refractivity contribution in [3.8, 4) is 28.7 Å². The molecule has 6 nitrogen and oxygen atoms in total. The summed E-state index contributed by atoms with van der Waals surface area (Å²) in [5.41, 5.74) is 1.85. The van der Waals surface area contributed by atoms with E-state index in [4.69, 9.17) is 18.6 Å². The summed E-state index contributed by atoms with van der Waals surface area (Å²) in [6, 6.07) is 13.7. The second-order valence-electron chi connectivity index (χ2n) is 5.41. The highest BCUT2D eigenvalue weighted by Gasteiger charge is 2.17. The molecule has 140 valence electrons. The van der Waals surface area contributed by atoms with Crippen LogP contribution in [0.1, 0.15) is 5.56 Å². The van der Waals surface area contributed by atoms with Crippen LogP contribution >= 0.6 is 11.8 Å². The van der Waals surface area contributed by atoms with Gasteiger partial charge in [-0.3, -0.25) is 0 Å². The fourth-order valence-electron chi connectivity index (χ4n) is 2.46. The van der Waals surface area contributed by atoms with E-state index in [9.17, 15) is 0 Å². The van der Waals surface area contributed by atoms with Crippen LogP contribution in [0.4, 0.5) is 0 Å². The standard InChI is InChI=1S/C20H20N2O4S/c1-23-16-12-15(13-17(24-2)18(16)25-3)19-21-22-20(26-19)27-11-7-10-14-8-5-4-6-9-14/h4-10,12-13H,11H2,1-3H3/b10-7+. The monoisotopic (exact) mass is 384 g/mol. The lowest BCUT2D eigenvalue weighted by Crippen LogP contribution is -1.95. The van der Waals surface area contributed by atoms with E-state index in [2.05, 4.69) is 34.5 Å². The first-order valence-electron chi connectivity index (χ1n) is 8.23. The molecule has 0 aliphatic rings. The first-order valence-corrected chi connectivity index (χ1v) is 9.22. The van der Waals surface area contributed by atoms with E-state index >= 15 is 0 Å². The summed E-state index contributed by atoms with van der Waals surface area (Å²) in [4.78, 5) is 0. The zero-order valence-electron chi connectivity index (χ0n) is 15.3. The molecule has 0 fully saturated rings. The molecule has 0 atom stereocenters. The van der Waals surface area contributed by atoms with Crippen molar-refractivity contribution in [3.05, 3.63) is 54.1 Å². The molecule has 0 unspecified atom stereocenters. The van der Waals surface area contributed by atoms with Crippen molar-refractivity contribution in [3.63, 3.8) is 0 Å². The second-order valence-corrected chi connectivity index (χ2v) is 6.38. The Bertz CT molecular complexity index is 884. The van der Waals surface area contributed by atoms with Gasteiger partial charge < -0.3 is 18.6 Å². The number of thioether (sulfide) groups is 1. The van der Waals surface area contributed by atoms with Gasteiger partial charge in [-0.15, -0.1) is 10.2 Å². The molecule has 27 heavy (non-hydrogen) atoms. The Morgan fingerprint density at radius 3 is 2.30 bits per heavy atom. The normalized spacial score (nSPS) is 10.9. The quantitative estimate of drug-likeness (QED) is 0.527. The summed E-state index contributed by atoms with van der Waals surface area (Å²) in [6.45, 7) is 0. The minimum absolute atomic E-state index is 0.392. The van der Waals surface area contributed by atoms with Crippen LogP contribution in [0, 0.1) is 0 Å². The van der Waals surface area contributed by atoms with Gasteiger partial charge in [-0.1, -0.05) is 54.2 Å². The zero-order chi connectivity index (χ0) is 19.1. The van der Waals surface area contributed by atoms with E-state index in [1.54, 1.807) is 33.5 Å². The fraction of sp³-hybridized carbons (Fsp3) is 0.200. The molecular formula is C20H20N2O4S. The molecule has 0 spiro atoms. The van der Waals surface area contributed by atoms with Crippen molar-refractivity contribution in [2.75, 3.05) is 27.1 Å². The van der Waals surface area contributed by atoms with Gasteiger partial charge in [0, 0.05) is 11.3 Å². The lowest BCUT2D eigenvalue weighted by molar-refractivity contribution is 0.324. The minimum atomic E-state index is 0.392. The smallest absolute Gasteiger partial charge is 0.277 e. The highest BCUT2D eigenvalue weighted by atomic mass is 32.2. The molecule has 1 aromatic heterocycles. The van der Waals surface area contributed by atoms with Crippen LogP contribution in [-0.4, -0.2) is 37.3 Å². The molecule has 0 radical (unpaired) electrons. The predicted octanol–water partition coefficient (Wildman–Crippen LogP) is 4.57. The van der Waals surface area contributed by atoms with Crippen molar-refractivity contribution in [2.45, 2.75) is 5.22 Å². The number of methoxy groups -OCH3 is 3. The van der Waals surface area contributed by atoms with Crippen LogP contribution in [0.25, 0.3) is 17.5 Å². The van der Waals surface area contributed by atoms with Crippen LogP contribution in [0.2, 0.25) is 0 Å². The summed E-state index contributed by atoms with van der Waals surface area (Å²) in [6.07, 6.45) is 4.12. The highest BCUT2D eigenvalue weighted by molar-refractivity contribution is 7.99. The number of hydrogen-bond donors (Lipinski definition) is 0. The van der Waals surface area contributed by atoms with Crippen LogP contribution in [0.15, 0.2) is 58.2 Å². The summed E-state index contributed by atoms with van der Waals surface area (Å²) in [5.74, 6) is 2.70. The molecule has 7 heteroatoms. The van der Waals surface area contributed by atoms with Gasteiger partial charge in [-0.2, -0.15) is 0 Å². The van der Waals surface area contributed by atoms with Gasteiger partial charge in [0.1, 0.15) is 0 Å². The van der Waals surface area contributed by atoms with Crippen LogP contribution in [0.5, 0.6) is 17.2 Å². The molecule has 0 aliphatic heterocycles. The molecule has 0 bridgehead atoms. The Morgan fingerprint density at radius 2 is 1.67 bits per heavy atom. The molecule has 0 aliphatic carbocycles. The van der Waals surface area contributed by atoms with Gasteiger partial charge in [0.15, 0.2) is 11.5 Å². The number of hydrogen-bond acceptors (Lipinski definition) is 7. The minimum Gasteiger partial charge on any atom is -0.493 e. The Kier molecular flexibility index (Phi) is 6.38. The number of ether oxygens (including phenoxy) is 3. The Labute approximate surface area is 162 Å². The van der Waals surface area contributed by atoms with Crippen molar-refractivity contribution in [1.29, 1.82) is 0 Å². The molecule has 1 heterocycles. The first kappa shape index (κ1) is 18.8. The second kappa shape index (κ2) is 9.14. The van der Waals surface area contributed by atoms with E-state index in [-0.39, 0.29) is 0 Å². The molecular weight excluding hydrogens is 364 g/mol. The molecule has 0 amide bonds. The van der Waals surface area contributed by atoms with Gasteiger partial charge in [0.25, 0.3) is 5.22 Å². The third kappa shape index (κ3) is 4.62. The van der Waals surface area contributed by atoms with Crippen molar-refractivity contribution in [1.82, 2.24) is 10.2 Å². The topological polar surface area (TPSA) is 66.6 Å². The largest absolute Gasteiger partial charge is 0.493 e. The molecule has 0 saturated heterocycles. The lowest BCUT2D eigenvalue weighted by Gasteiger charge is -2.12. The van der Waals surface area contributed by atoms with Gasteiger partial charge in [0.05, 0.1) is 21.3 Å². The maximum Gasteiger partial charge on any atom is 0.277 e. The highest BCUT2D eigenvalue weighted by Crippen LogP contribution is 2.41. The Hall–Kier alpha value is -2.93. The van der Waals surface area contributed by atoms with Gasteiger partial charge in [0.2, 0.25) is 11.6 Å². The molecule has 3 rings (SSSR count). The third-order valence-corrected chi connectivity index (χ3v) is 4.50. The van der Waals surface area contributed by atoms with E-state index in [0.717, 1.165) is 11.3 Å². The van der Waals surface area contributed by atoms with Crippen molar-refractivity contribution >= 4 is 17.8 Å². The summed E-state index contributed by atoms with van der Waals surface area (Å²) in [7, 11) is 4.69. The molecule has 0 N–H and O–H groups in total. The average Bonchev–Trinajstić information content (AvgIpc) is 3.19. The number of benzene rings is 2. The number of rotatable bonds is 8. The summed E-state index contributed by atoms with van der Waals surface area (Å²) in [5, 5.41) is 8.70. The number of aromatic nitrogens is 2. The summed E-state index contributed by atoms with van der Waals surface area (Å²) >= 11 is 1.47. The van der Waals surface area contributed by atoms with Crippen LogP contribution in [-0.2, 0) is 0 Å². The van der Waals surface area contributed by atoms with Crippen LogP contribution < -0.4 is 14.2 Å². The lowest BCUT2D eigenvalue weighted by atomic mass is 10.2. The number of nitrogens with zero attached hydrogens (tertiary/aromatic N) is 2. The molecule has 0 saturated carbocycles. The molecule has 2 aromatic carbocycles. The predicted molar refractivity (Wildman–Crippen MR) is 106 cm³/mol. The van der Waals surface area contributed by atoms with Gasteiger partial charge in [-0.25, -0.2) is 0 Å². The maximum atomic E-state index is 5.75. The van der Waals surface area contributed by atoms with E-state index in [1.807, 2.05) is 18.2 Å². The maximum absolute atomic E-state index is 5.75. The Balaban J connectivity index is 1.71. The first-order chi connectivity index (χ1) is 13.2. The van der Waals surface area contributed by atoms with Crippen molar-refractivity contribution in [2.24, 2.45) is 0 Å². The average molecular weight is 384 g/mol. The fourth-order valence-corrected chi connectivity index (χ4v) is 3.03. The van der Waals surface area contributed by atoms with Crippen LogP contribution in [0.3, 0.4) is 0 Å². The van der Waals surface area contributed by atoms with E-state index in [1.165, 1.54) is 11.8 Å². The van der Waals surface area contributed by atoms with Gasteiger partial charge >= 0.3 is 0 Å². The third-order valence-electron chi connectivity index (χ3n) is 3.73. The van der Waals surface area contributed by atoms with E-state index in [0.29, 0.717) is 33.9 Å². The van der Waals surface area contributed by atoms with Crippen molar-refractivity contribution < 1.29 is 18.6 Å². The van der Waals surface area contributed by atoms with E-state index < -0.39 is 0 Å². The Morgan fingerprint density at radius 1 is 0.963 bits per heavy atom. The summed E-state index contributed by atoms with van der Waals surface area (Å²) < 4.78 is 21.8. The van der Waals surface area contributed by atoms with Gasteiger partial charge in [-0.05, 0) is 17.7 Å². The zero-order valence-corrected chi connectivity index (χ0v) is 16.2. The SMILES string of the molecule is COc1cc(-c2nnc(SC/C=C/c3ccccc3)o2)cc(OC)c1OC. The molecule has 3 aromatic rings.